The molecule has 3 aromatic rings. The second kappa shape index (κ2) is 15.4. The first kappa shape index (κ1) is 33.4. The van der Waals surface area contributed by atoms with Crippen LogP contribution in [0.4, 0.5) is 5.69 Å². The first-order valence-corrected chi connectivity index (χ1v) is 16.5. The van der Waals surface area contributed by atoms with Crippen LogP contribution in [0.5, 0.6) is 0 Å². The van der Waals surface area contributed by atoms with Gasteiger partial charge in [0.05, 0.1) is 11.9 Å². The third-order valence-electron chi connectivity index (χ3n) is 6.79. The van der Waals surface area contributed by atoms with Crippen molar-refractivity contribution in [2.75, 3.05) is 23.7 Å². The second-order valence-corrected chi connectivity index (χ2v) is 13.6. The number of halogens is 2. The molecule has 7 nitrogen and oxygen atoms in total. The first-order chi connectivity index (χ1) is 19.8. The fraction of sp³-hybridized carbons (Fsp3) is 0.375. The molecule has 0 heterocycles. The van der Waals surface area contributed by atoms with E-state index in [9.17, 15) is 18.0 Å². The molecule has 0 radical (unpaired) electrons. The molecule has 0 saturated heterocycles. The number of nitrogens with one attached hydrogen (secondary N) is 1. The molecule has 3 aromatic carbocycles. The summed E-state index contributed by atoms with van der Waals surface area (Å²) < 4.78 is 26.7. The summed E-state index contributed by atoms with van der Waals surface area (Å²) in [5.41, 5.74) is 2.94. The zero-order valence-electron chi connectivity index (χ0n) is 24.5. The maximum Gasteiger partial charge on any atom is 0.243 e. The molecule has 0 fully saturated rings. The Morgan fingerprint density at radius 3 is 2.21 bits per heavy atom. The van der Waals surface area contributed by atoms with Crippen molar-refractivity contribution in [2.45, 2.75) is 52.6 Å². The van der Waals surface area contributed by atoms with Crippen molar-refractivity contribution in [1.82, 2.24) is 10.2 Å². The fourth-order valence-corrected chi connectivity index (χ4v) is 6.04. The van der Waals surface area contributed by atoms with Crippen LogP contribution in [-0.4, -0.2) is 50.5 Å². The Morgan fingerprint density at radius 1 is 0.905 bits per heavy atom. The number of hydrogen-bond acceptors (Lipinski definition) is 4. The number of nitrogens with zero attached hydrogens (tertiary/aromatic N) is 2. The summed E-state index contributed by atoms with van der Waals surface area (Å²) in [6.07, 6.45) is 1.74. The minimum absolute atomic E-state index is 0.0367. The van der Waals surface area contributed by atoms with E-state index in [1.54, 1.807) is 35.2 Å². The van der Waals surface area contributed by atoms with E-state index in [4.69, 9.17) is 23.2 Å². The lowest BCUT2D eigenvalue weighted by molar-refractivity contribution is -0.141. The lowest BCUT2D eigenvalue weighted by Crippen LogP contribution is -2.51. The van der Waals surface area contributed by atoms with Crippen molar-refractivity contribution in [3.05, 3.63) is 99.5 Å². The number of rotatable bonds is 14. The average molecular weight is 633 g/mol. The highest BCUT2D eigenvalue weighted by molar-refractivity contribution is 7.92. The molecule has 42 heavy (non-hydrogen) atoms. The van der Waals surface area contributed by atoms with E-state index in [-0.39, 0.29) is 43.7 Å². The zero-order chi connectivity index (χ0) is 30.9. The van der Waals surface area contributed by atoms with E-state index in [2.05, 4.69) is 5.32 Å². The first-order valence-electron chi connectivity index (χ1n) is 13.9. The maximum atomic E-state index is 13.9. The molecular formula is C32H39Cl2N3O4S. The smallest absolute Gasteiger partial charge is 0.243 e. The number of anilines is 1. The van der Waals surface area contributed by atoms with Crippen LogP contribution in [0.15, 0.2) is 72.8 Å². The lowest BCUT2D eigenvalue weighted by atomic mass is 10.0. The van der Waals surface area contributed by atoms with Gasteiger partial charge in [0, 0.05) is 42.5 Å². The summed E-state index contributed by atoms with van der Waals surface area (Å²) >= 11 is 12.4. The number of aryl methyl sites for hydroxylation is 1. The van der Waals surface area contributed by atoms with Gasteiger partial charge in [-0.2, -0.15) is 0 Å². The molecule has 0 saturated carbocycles. The van der Waals surface area contributed by atoms with Crippen LogP contribution in [0.2, 0.25) is 10.0 Å². The van der Waals surface area contributed by atoms with Crippen molar-refractivity contribution in [1.29, 1.82) is 0 Å². The van der Waals surface area contributed by atoms with E-state index >= 15 is 0 Å². The Kier molecular flexibility index (Phi) is 12.3. The molecule has 1 N–H and O–H groups in total. The molecular weight excluding hydrogens is 593 g/mol. The molecule has 1 atom stereocenters. The lowest BCUT2D eigenvalue weighted by Gasteiger charge is -2.32. The Hall–Kier alpha value is -3.07. The largest absolute Gasteiger partial charge is 0.354 e. The molecule has 0 spiro atoms. The fourth-order valence-electron chi connectivity index (χ4n) is 4.64. The second-order valence-electron chi connectivity index (χ2n) is 10.9. The predicted molar refractivity (Wildman–Crippen MR) is 171 cm³/mol. The molecule has 0 bridgehead atoms. The summed E-state index contributed by atoms with van der Waals surface area (Å²) in [5.74, 6) is -0.262. The quantitative estimate of drug-likeness (QED) is 0.227. The van der Waals surface area contributed by atoms with E-state index in [0.717, 1.165) is 22.9 Å². The number of amides is 2. The number of carbonyl (C=O) groups is 2. The molecule has 3 rings (SSSR count). The van der Waals surface area contributed by atoms with Gasteiger partial charge >= 0.3 is 0 Å². The van der Waals surface area contributed by atoms with E-state index in [0.29, 0.717) is 28.7 Å². The maximum absolute atomic E-state index is 13.9. The summed E-state index contributed by atoms with van der Waals surface area (Å²) in [5, 5.41) is 3.96. The van der Waals surface area contributed by atoms with Gasteiger partial charge in [0.2, 0.25) is 21.8 Å². The van der Waals surface area contributed by atoms with Crippen LogP contribution in [0, 0.1) is 12.8 Å². The molecule has 2 amide bonds. The van der Waals surface area contributed by atoms with Gasteiger partial charge in [-0.15, -0.1) is 0 Å². The number of carbonyl (C=O) groups excluding carboxylic acids is 2. The van der Waals surface area contributed by atoms with Crippen LogP contribution in [-0.2, 0) is 32.6 Å². The van der Waals surface area contributed by atoms with Crippen LogP contribution < -0.4 is 9.62 Å². The van der Waals surface area contributed by atoms with Crippen LogP contribution >= 0.6 is 23.2 Å². The zero-order valence-corrected chi connectivity index (χ0v) is 26.8. The molecule has 0 aliphatic carbocycles. The van der Waals surface area contributed by atoms with Gasteiger partial charge in [-0.05, 0) is 60.2 Å². The SMILES string of the molecule is Cc1ccc(Cl)cc1N(CCCC(=O)N(Cc1cccc(Cl)c1)[C@@H](Cc1ccccc1)C(=O)NCC(C)C)S(C)(=O)=O. The minimum atomic E-state index is -3.64. The number of benzene rings is 3. The molecule has 0 unspecified atom stereocenters. The molecule has 226 valence electrons. The van der Waals surface area contributed by atoms with Crippen LogP contribution in [0.3, 0.4) is 0 Å². The van der Waals surface area contributed by atoms with E-state index < -0.39 is 16.1 Å². The van der Waals surface area contributed by atoms with Crippen LogP contribution in [0.1, 0.15) is 43.4 Å². The Morgan fingerprint density at radius 2 is 1.57 bits per heavy atom. The summed E-state index contributed by atoms with van der Waals surface area (Å²) in [7, 11) is -3.64. The van der Waals surface area contributed by atoms with Crippen molar-refractivity contribution < 1.29 is 18.0 Å². The molecule has 0 aromatic heterocycles. The third kappa shape index (κ3) is 10.0. The highest BCUT2D eigenvalue weighted by Gasteiger charge is 2.30. The molecule has 10 heteroatoms. The van der Waals surface area contributed by atoms with E-state index in [1.165, 1.54) is 4.31 Å². The van der Waals surface area contributed by atoms with Gasteiger partial charge in [0.15, 0.2) is 0 Å². The molecule has 0 aliphatic heterocycles. The summed E-state index contributed by atoms with van der Waals surface area (Å²) in [4.78, 5) is 29.1. The van der Waals surface area contributed by atoms with Gasteiger partial charge in [-0.1, -0.05) is 85.6 Å². The summed E-state index contributed by atoms with van der Waals surface area (Å²) in [6, 6.07) is 21.1. The van der Waals surface area contributed by atoms with Crippen molar-refractivity contribution in [2.24, 2.45) is 5.92 Å². The van der Waals surface area contributed by atoms with Gasteiger partial charge in [-0.3, -0.25) is 13.9 Å². The van der Waals surface area contributed by atoms with Crippen molar-refractivity contribution >= 4 is 50.7 Å². The number of hydrogen-bond donors (Lipinski definition) is 1. The monoisotopic (exact) mass is 631 g/mol. The highest BCUT2D eigenvalue weighted by Crippen LogP contribution is 2.27. The Labute approximate surface area is 259 Å². The van der Waals surface area contributed by atoms with E-state index in [1.807, 2.05) is 63.2 Å². The third-order valence-corrected chi connectivity index (χ3v) is 8.44. The predicted octanol–water partition coefficient (Wildman–Crippen LogP) is 6.26. The number of sulfonamides is 1. The summed E-state index contributed by atoms with van der Waals surface area (Å²) in [6.45, 7) is 6.57. The van der Waals surface area contributed by atoms with Gasteiger partial charge in [0.25, 0.3) is 0 Å². The van der Waals surface area contributed by atoms with Gasteiger partial charge in [0.1, 0.15) is 6.04 Å². The average Bonchev–Trinajstić information content (AvgIpc) is 2.93. The molecule has 0 aliphatic rings. The van der Waals surface area contributed by atoms with Crippen molar-refractivity contribution in [3.63, 3.8) is 0 Å². The highest BCUT2D eigenvalue weighted by atomic mass is 35.5. The van der Waals surface area contributed by atoms with Crippen molar-refractivity contribution in [3.8, 4) is 0 Å². The normalized spacial score (nSPS) is 12.2. The standard InChI is InChI=1S/C32H39Cl2N3O4S/c1-23(2)21-35-32(39)30(19-25-10-6-5-7-11-25)36(22-26-12-8-13-27(33)18-26)31(38)14-9-17-37(42(4,40)41)29-20-28(34)16-15-24(29)3/h5-8,10-13,15-16,18,20,23,30H,9,14,17,19,21-22H2,1-4H3,(H,35,39)/t30-/m0/s1. The van der Waals surface area contributed by atoms with Gasteiger partial charge < -0.3 is 10.2 Å². The van der Waals surface area contributed by atoms with Crippen LogP contribution in [0.25, 0.3) is 0 Å². The topological polar surface area (TPSA) is 86.8 Å². The Bertz CT molecular complexity index is 1470. The van der Waals surface area contributed by atoms with Gasteiger partial charge in [-0.25, -0.2) is 8.42 Å². The minimum Gasteiger partial charge on any atom is -0.354 e. The Balaban J connectivity index is 1.90.